The molecule has 0 N–H and O–H groups in total. The Morgan fingerprint density at radius 3 is 2.00 bits per heavy atom. The number of aryl methyl sites for hydroxylation is 2. The molecule has 19 heavy (non-hydrogen) atoms. The predicted octanol–water partition coefficient (Wildman–Crippen LogP) is 0.341. The molecule has 0 spiro atoms. The minimum Gasteiger partial charge on any atom is -0.339 e. The summed E-state index contributed by atoms with van der Waals surface area (Å²) in [5, 5.41) is 4.27. The van der Waals surface area contributed by atoms with Crippen molar-refractivity contribution < 1.29 is 9.59 Å². The standard InChI is InChI=1S/C13H20N4O2/c1-9-12(10(2)15(4)14-9)13(19)17-7-5-16(6-8-17)11(3)18/h5-8H2,1-4H3. The molecule has 2 amide bonds. The van der Waals surface area contributed by atoms with Crippen LogP contribution in [0.3, 0.4) is 0 Å². The highest BCUT2D eigenvalue weighted by Gasteiger charge is 2.26. The van der Waals surface area contributed by atoms with Gasteiger partial charge < -0.3 is 9.80 Å². The van der Waals surface area contributed by atoms with Crippen LogP contribution in [0, 0.1) is 13.8 Å². The largest absolute Gasteiger partial charge is 0.339 e. The molecule has 1 saturated heterocycles. The van der Waals surface area contributed by atoms with E-state index < -0.39 is 0 Å². The van der Waals surface area contributed by atoms with Crippen molar-refractivity contribution in [1.29, 1.82) is 0 Å². The van der Waals surface area contributed by atoms with Gasteiger partial charge in [0, 0.05) is 45.8 Å². The molecule has 6 nitrogen and oxygen atoms in total. The molecule has 1 aromatic rings. The monoisotopic (exact) mass is 264 g/mol. The molecular formula is C13H20N4O2. The van der Waals surface area contributed by atoms with Crippen LogP contribution in [0.15, 0.2) is 0 Å². The molecule has 0 unspecified atom stereocenters. The van der Waals surface area contributed by atoms with E-state index >= 15 is 0 Å². The van der Waals surface area contributed by atoms with Gasteiger partial charge in [0.25, 0.3) is 5.91 Å². The van der Waals surface area contributed by atoms with E-state index in [1.165, 1.54) is 0 Å². The number of rotatable bonds is 1. The van der Waals surface area contributed by atoms with Gasteiger partial charge in [-0.2, -0.15) is 5.10 Å². The fraction of sp³-hybridized carbons (Fsp3) is 0.615. The van der Waals surface area contributed by atoms with Crippen molar-refractivity contribution >= 4 is 11.8 Å². The zero-order valence-electron chi connectivity index (χ0n) is 11.9. The van der Waals surface area contributed by atoms with E-state index in [4.69, 9.17) is 0 Å². The van der Waals surface area contributed by atoms with Crippen LogP contribution in [-0.2, 0) is 11.8 Å². The molecule has 1 aliphatic rings. The fourth-order valence-corrected chi connectivity index (χ4v) is 2.47. The Balaban J connectivity index is 2.12. The van der Waals surface area contributed by atoms with Crippen molar-refractivity contribution in [3.05, 3.63) is 17.0 Å². The summed E-state index contributed by atoms with van der Waals surface area (Å²) in [5.74, 6) is 0.0899. The summed E-state index contributed by atoms with van der Waals surface area (Å²) in [6.07, 6.45) is 0. The van der Waals surface area contributed by atoms with Gasteiger partial charge >= 0.3 is 0 Å². The lowest BCUT2D eigenvalue weighted by Crippen LogP contribution is -2.50. The first-order valence-corrected chi connectivity index (χ1v) is 6.46. The number of amides is 2. The predicted molar refractivity (Wildman–Crippen MR) is 70.8 cm³/mol. The molecule has 6 heteroatoms. The van der Waals surface area contributed by atoms with Crippen LogP contribution in [-0.4, -0.2) is 57.6 Å². The Bertz CT molecular complexity index is 513. The molecule has 0 radical (unpaired) electrons. The zero-order valence-corrected chi connectivity index (χ0v) is 11.9. The van der Waals surface area contributed by atoms with E-state index in [9.17, 15) is 9.59 Å². The third-order valence-electron chi connectivity index (χ3n) is 3.74. The van der Waals surface area contributed by atoms with E-state index in [2.05, 4.69) is 5.10 Å². The van der Waals surface area contributed by atoms with Crippen LogP contribution in [0.25, 0.3) is 0 Å². The Morgan fingerprint density at radius 1 is 1.05 bits per heavy atom. The lowest BCUT2D eigenvalue weighted by Gasteiger charge is -2.34. The molecule has 2 heterocycles. The van der Waals surface area contributed by atoms with E-state index in [1.807, 2.05) is 20.9 Å². The number of carbonyl (C=O) groups excluding carboxylic acids is 2. The zero-order chi connectivity index (χ0) is 14.2. The van der Waals surface area contributed by atoms with Crippen molar-refractivity contribution in [2.24, 2.45) is 7.05 Å². The molecule has 104 valence electrons. The maximum Gasteiger partial charge on any atom is 0.257 e. The lowest BCUT2D eigenvalue weighted by molar-refractivity contribution is -0.130. The molecule has 1 aromatic heterocycles. The molecular weight excluding hydrogens is 244 g/mol. The molecule has 2 rings (SSSR count). The Hall–Kier alpha value is -1.85. The molecule has 0 aromatic carbocycles. The van der Waals surface area contributed by atoms with Crippen LogP contribution in [0.1, 0.15) is 28.7 Å². The summed E-state index contributed by atoms with van der Waals surface area (Å²) >= 11 is 0. The van der Waals surface area contributed by atoms with Gasteiger partial charge in [-0.3, -0.25) is 14.3 Å². The summed E-state index contributed by atoms with van der Waals surface area (Å²) in [4.78, 5) is 27.3. The molecule has 1 aliphatic heterocycles. The fourth-order valence-electron chi connectivity index (χ4n) is 2.47. The van der Waals surface area contributed by atoms with Crippen LogP contribution >= 0.6 is 0 Å². The SMILES string of the molecule is CC(=O)N1CCN(C(=O)c2c(C)nn(C)c2C)CC1. The summed E-state index contributed by atoms with van der Waals surface area (Å²) in [6, 6.07) is 0. The van der Waals surface area contributed by atoms with Gasteiger partial charge in [-0.25, -0.2) is 0 Å². The van der Waals surface area contributed by atoms with E-state index in [1.54, 1.807) is 21.4 Å². The Labute approximate surface area is 113 Å². The van der Waals surface area contributed by atoms with Gasteiger partial charge in [0.2, 0.25) is 5.91 Å². The molecule has 0 saturated carbocycles. The second kappa shape index (κ2) is 5.03. The average Bonchev–Trinajstić information content (AvgIpc) is 2.62. The van der Waals surface area contributed by atoms with Gasteiger partial charge in [-0.15, -0.1) is 0 Å². The maximum absolute atomic E-state index is 12.5. The van der Waals surface area contributed by atoms with E-state index in [0.717, 1.165) is 11.4 Å². The van der Waals surface area contributed by atoms with Crippen molar-refractivity contribution in [2.75, 3.05) is 26.2 Å². The maximum atomic E-state index is 12.5. The molecule has 0 atom stereocenters. The number of piperazine rings is 1. The first-order valence-electron chi connectivity index (χ1n) is 6.46. The van der Waals surface area contributed by atoms with Crippen LogP contribution in [0.2, 0.25) is 0 Å². The summed E-state index contributed by atoms with van der Waals surface area (Å²) in [5.41, 5.74) is 2.34. The number of aromatic nitrogens is 2. The second-order valence-electron chi connectivity index (χ2n) is 4.97. The van der Waals surface area contributed by atoms with E-state index in [0.29, 0.717) is 31.7 Å². The van der Waals surface area contributed by atoms with Gasteiger partial charge in [0.1, 0.15) is 0 Å². The van der Waals surface area contributed by atoms with Crippen LogP contribution < -0.4 is 0 Å². The van der Waals surface area contributed by atoms with E-state index in [-0.39, 0.29) is 11.8 Å². The normalized spacial score (nSPS) is 15.8. The van der Waals surface area contributed by atoms with Gasteiger partial charge in [0.05, 0.1) is 11.3 Å². The first kappa shape index (κ1) is 13.6. The second-order valence-corrected chi connectivity index (χ2v) is 4.97. The smallest absolute Gasteiger partial charge is 0.257 e. The van der Waals surface area contributed by atoms with Gasteiger partial charge in [-0.1, -0.05) is 0 Å². The van der Waals surface area contributed by atoms with Crippen LogP contribution in [0.4, 0.5) is 0 Å². The van der Waals surface area contributed by atoms with Crippen LogP contribution in [0.5, 0.6) is 0 Å². The molecule has 0 bridgehead atoms. The number of hydrogen-bond acceptors (Lipinski definition) is 3. The summed E-state index contributed by atoms with van der Waals surface area (Å²) in [6.45, 7) is 7.72. The highest BCUT2D eigenvalue weighted by atomic mass is 16.2. The van der Waals surface area contributed by atoms with Gasteiger partial charge in [0.15, 0.2) is 0 Å². The quantitative estimate of drug-likeness (QED) is 0.735. The summed E-state index contributed by atoms with van der Waals surface area (Å²) in [7, 11) is 1.84. The Morgan fingerprint density at radius 2 is 1.58 bits per heavy atom. The Kier molecular flexibility index (Phi) is 3.59. The minimum absolute atomic E-state index is 0.0197. The topological polar surface area (TPSA) is 58.4 Å². The van der Waals surface area contributed by atoms with Crippen molar-refractivity contribution in [3.63, 3.8) is 0 Å². The third kappa shape index (κ3) is 2.47. The highest BCUT2D eigenvalue weighted by molar-refractivity contribution is 5.96. The first-order chi connectivity index (χ1) is 8.91. The lowest BCUT2D eigenvalue weighted by atomic mass is 10.1. The molecule has 0 aliphatic carbocycles. The number of carbonyl (C=O) groups is 2. The summed E-state index contributed by atoms with van der Waals surface area (Å²) < 4.78 is 1.73. The minimum atomic E-state index is 0.0197. The van der Waals surface area contributed by atoms with Gasteiger partial charge in [-0.05, 0) is 13.8 Å². The third-order valence-corrected chi connectivity index (χ3v) is 3.74. The van der Waals surface area contributed by atoms with Crippen molar-refractivity contribution in [1.82, 2.24) is 19.6 Å². The van der Waals surface area contributed by atoms with Crippen molar-refractivity contribution in [3.8, 4) is 0 Å². The average molecular weight is 264 g/mol. The number of nitrogens with zero attached hydrogens (tertiary/aromatic N) is 4. The molecule has 1 fully saturated rings. The number of hydrogen-bond donors (Lipinski definition) is 0. The van der Waals surface area contributed by atoms with Crippen molar-refractivity contribution in [2.45, 2.75) is 20.8 Å². The highest BCUT2D eigenvalue weighted by Crippen LogP contribution is 2.16.